The number of hydrogen-bond acceptors (Lipinski definition) is 2. The molecule has 0 aliphatic rings. The molecule has 3 aromatic rings. The number of methoxy groups -OCH3 is 1. The topological polar surface area (TPSA) is 38.3 Å². The lowest BCUT2D eigenvalue weighted by Crippen LogP contribution is -2.23. The minimum absolute atomic E-state index is 0.133. The fourth-order valence-electron chi connectivity index (χ4n) is 2.44. The molecule has 3 nitrogen and oxygen atoms in total. The molecule has 0 atom stereocenters. The van der Waals surface area contributed by atoms with Gasteiger partial charge in [0.25, 0.3) is 5.91 Å². The van der Waals surface area contributed by atoms with Crippen LogP contribution in [-0.2, 0) is 6.54 Å². The largest absolute Gasteiger partial charge is 0.496 e. The van der Waals surface area contributed by atoms with E-state index in [1.807, 2.05) is 66.7 Å². The molecule has 110 valence electrons. The standard InChI is InChI=1S/C19H17NO2/c1-22-18-12-16-10-6-5-9-15(16)11-17(18)19(21)20-13-14-7-3-2-4-8-14/h2-12H,13H2,1H3,(H,20,21). The first-order valence-corrected chi connectivity index (χ1v) is 7.17. The quantitative estimate of drug-likeness (QED) is 0.794. The molecule has 22 heavy (non-hydrogen) atoms. The van der Waals surface area contributed by atoms with Crippen molar-refractivity contribution < 1.29 is 9.53 Å². The van der Waals surface area contributed by atoms with Crippen LogP contribution in [0.4, 0.5) is 0 Å². The van der Waals surface area contributed by atoms with Crippen LogP contribution in [0.1, 0.15) is 15.9 Å². The van der Waals surface area contributed by atoms with Crippen LogP contribution in [0.2, 0.25) is 0 Å². The normalized spacial score (nSPS) is 10.4. The Morgan fingerprint density at radius 1 is 0.955 bits per heavy atom. The number of carbonyl (C=O) groups is 1. The summed E-state index contributed by atoms with van der Waals surface area (Å²) in [7, 11) is 1.58. The molecule has 1 N–H and O–H groups in total. The predicted molar refractivity (Wildman–Crippen MR) is 88.1 cm³/mol. The summed E-state index contributed by atoms with van der Waals surface area (Å²) >= 11 is 0. The van der Waals surface area contributed by atoms with Gasteiger partial charge in [0, 0.05) is 6.54 Å². The molecule has 3 rings (SSSR count). The summed E-state index contributed by atoms with van der Waals surface area (Å²) in [6.07, 6.45) is 0. The number of nitrogens with one attached hydrogen (secondary N) is 1. The van der Waals surface area contributed by atoms with Crippen LogP contribution in [0.3, 0.4) is 0 Å². The molecule has 0 unspecified atom stereocenters. The van der Waals surface area contributed by atoms with Crippen molar-refractivity contribution in [2.75, 3.05) is 7.11 Å². The highest BCUT2D eigenvalue weighted by Crippen LogP contribution is 2.25. The highest BCUT2D eigenvalue weighted by Gasteiger charge is 2.13. The molecule has 0 spiro atoms. The second kappa shape index (κ2) is 6.31. The summed E-state index contributed by atoms with van der Waals surface area (Å²) in [5.41, 5.74) is 1.62. The van der Waals surface area contributed by atoms with Gasteiger partial charge in [-0.1, -0.05) is 54.6 Å². The van der Waals surface area contributed by atoms with E-state index in [-0.39, 0.29) is 5.91 Å². The van der Waals surface area contributed by atoms with Gasteiger partial charge >= 0.3 is 0 Å². The molecule has 0 heterocycles. The number of rotatable bonds is 4. The first kappa shape index (κ1) is 14.1. The zero-order valence-corrected chi connectivity index (χ0v) is 12.4. The van der Waals surface area contributed by atoms with Gasteiger partial charge in [-0.3, -0.25) is 4.79 Å². The molecular formula is C19H17NO2. The maximum atomic E-state index is 12.5. The second-order valence-corrected chi connectivity index (χ2v) is 5.07. The summed E-state index contributed by atoms with van der Waals surface area (Å²) in [4.78, 5) is 12.5. The van der Waals surface area contributed by atoms with Crippen LogP contribution in [0.5, 0.6) is 5.75 Å². The molecule has 0 fully saturated rings. The van der Waals surface area contributed by atoms with Crippen molar-refractivity contribution in [1.82, 2.24) is 5.32 Å². The molecule has 0 aliphatic carbocycles. The highest BCUT2D eigenvalue weighted by molar-refractivity contribution is 6.01. The van der Waals surface area contributed by atoms with E-state index in [0.29, 0.717) is 17.9 Å². The minimum Gasteiger partial charge on any atom is -0.496 e. The van der Waals surface area contributed by atoms with E-state index in [9.17, 15) is 4.79 Å². The van der Waals surface area contributed by atoms with Gasteiger partial charge in [-0.05, 0) is 28.5 Å². The van der Waals surface area contributed by atoms with Crippen LogP contribution in [-0.4, -0.2) is 13.0 Å². The molecule has 3 heteroatoms. The Morgan fingerprint density at radius 3 is 2.27 bits per heavy atom. The van der Waals surface area contributed by atoms with E-state index in [1.165, 1.54) is 0 Å². The Balaban J connectivity index is 1.86. The van der Waals surface area contributed by atoms with Crippen molar-refractivity contribution in [3.05, 3.63) is 77.9 Å². The number of hydrogen-bond donors (Lipinski definition) is 1. The first-order valence-electron chi connectivity index (χ1n) is 7.17. The van der Waals surface area contributed by atoms with E-state index >= 15 is 0 Å². The maximum absolute atomic E-state index is 12.5. The Bertz CT molecular complexity index is 797. The Hall–Kier alpha value is -2.81. The number of benzene rings is 3. The van der Waals surface area contributed by atoms with Crippen molar-refractivity contribution in [3.8, 4) is 5.75 Å². The van der Waals surface area contributed by atoms with Crippen molar-refractivity contribution in [1.29, 1.82) is 0 Å². The second-order valence-electron chi connectivity index (χ2n) is 5.07. The molecule has 0 saturated heterocycles. The number of amides is 1. The van der Waals surface area contributed by atoms with Crippen molar-refractivity contribution in [2.24, 2.45) is 0 Å². The summed E-state index contributed by atoms with van der Waals surface area (Å²) in [5.74, 6) is 0.454. The lowest BCUT2D eigenvalue weighted by molar-refractivity contribution is 0.0948. The Kier molecular flexibility index (Phi) is 4.05. The van der Waals surface area contributed by atoms with Crippen LogP contribution >= 0.6 is 0 Å². The third kappa shape index (κ3) is 2.93. The molecule has 1 amide bonds. The van der Waals surface area contributed by atoms with Gasteiger partial charge in [-0.25, -0.2) is 0 Å². The van der Waals surface area contributed by atoms with E-state index in [0.717, 1.165) is 16.3 Å². The average Bonchev–Trinajstić information content (AvgIpc) is 2.59. The van der Waals surface area contributed by atoms with Gasteiger partial charge < -0.3 is 10.1 Å². The summed E-state index contributed by atoms with van der Waals surface area (Å²) < 4.78 is 5.37. The number of carbonyl (C=O) groups excluding carboxylic acids is 1. The third-order valence-electron chi connectivity index (χ3n) is 3.61. The molecular weight excluding hydrogens is 274 g/mol. The van der Waals surface area contributed by atoms with Gasteiger partial charge in [-0.15, -0.1) is 0 Å². The molecule has 3 aromatic carbocycles. The zero-order chi connectivity index (χ0) is 15.4. The summed E-state index contributed by atoms with van der Waals surface area (Å²) in [6, 6.07) is 21.5. The van der Waals surface area contributed by atoms with Crippen molar-refractivity contribution in [2.45, 2.75) is 6.54 Å². The van der Waals surface area contributed by atoms with Crippen LogP contribution < -0.4 is 10.1 Å². The Labute approximate surface area is 129 Å². The fraction of sp³-hybridized carbons (Fsp3) is 0.105. The van der Waals surface area contributed by atoms with Gasteiger partial charge in [-0.2, -0.15) is 0 Å². The molecule has 0 aliphatic heterocycles. The molecule has 0 saturated carbocycles. The van der Waals surface area contributed by atoms with E-state index in [4.69, 9.17) is 4.74 Å². The zero-order valence-electron chi connectivity index (χ0n) is 12.4. The molecule has 0 radical (unpaired) electrons. The monoisotopic (exact) mass is 291 g/mol. The van der Waals surface area contributed by atoms with E-state index in [1.54, 1.807) is 7.11 Å². The Morgan fingerprint density at radius 2 is 1.59 bits per heavy atom. The average molecular weight is 291 g/mol. The molecule has 0 aromatic heterocycles. The fourth-order valence-corrected chi connectivity index (χ4v) is 2.44. The van der Waals surface area contributed by atoms with E-state index < -0.39 is 0 Å². The van der Waals surface area contributed by atoms with Gasteiger partial charge in [0.2, 0.25) is 0 Å². The summed E-state index contributed by atoms with van der Waals surface area (Å²) in [5, 5.41) is 5.01. The number of ether oxygens (including phenoxy) is 1. The predicted octanol–water partition coefficient (Wildman–Crippen LogP) is 3.78. The van der Waals surface area contributed by atoms with Crippen molar-refractivity contribution in [3.63, 3.8) is 0 Å². The first-order chi connectivity index (χ1) is 10.8. The van der Waals surface area contributed by atoms with Gasteiger partial charge in [0.15, 0.2) is 0 Å². The summed E-state index contributed by atoms with van der Waals surface area (Å²) in [6.45, 7) is 0.496. The smallest absolute Gasteiger partial charge is 0.255 e. The lowest BCUT2D eigenvalue weighted by Gasteiger charge is -2.11. The minimum atomic E-state index is -0.133. The van der Waals surface area contributed by atoms with Crippen LogP contribution in [0, 0.1) is 0 Å². The van der Waals surface area contributed by atoms with E-state index in [2.05, 4.69) is 5.32 Å². The lowest BCUT2D eigenvalue weighted by atomic mass is 10.1. The highest BCUT2D eigenvalue weighted by atomic mass is 16.5. The van der Waals surface area contributed by atoms with Crippen LogP contribution in [0.25, 0.3) is 10.8 Å². The molecule has 0 bridgehead atoms. The van der Waals surface area contributed by atoms with Crippen LogP contribution in [0.15, 0.2) is 66.7 Å². The SMILES string of the molecule is COc1cc2ccccc2cc1C(=O)NCc1ccccc1. The van der Waals surface area contributed by atoms with Gasteiger partial charge in [0.1, 0.15) is 5.75 Å². The van der Waals surface area contributed by atoms with Gasteiger partial charge in [0.05, 0.1) is 12.7 Å². The maximum Gasteiger partial charge on any atom is 0.255 e. The number of fused-ring (bicyclic) bond motifs is 1. The third-order valence-corrected chi connectivity index (χ3v) is 3.61. The van der Waals surface area contributed by atoms with Crippen molar-refractivity contribution >= 4 is 16.7 Å².